The third kappa shape index (κ3) is 5.26. The average Bonchev–Trinajstić information content (AvgIpc) is 3.41. The maximum Gasteiger partial charge on any atom is 0.407 e. The van der Waals surface area contributed by atoms with Crippen LogP contribution < -0.4 is 5.32 Å². The lowest BCUT2D eigenvalue weighted by molar-refractivity contribution is 0.0523. The number of carbonyl (C=O) groups is 1. The van der Waals surface area contributed by atoms with Gasteiger partial charge in [-0.05, 0) is 51.5 Å². The van der Waals surface area contributed by atoms with Crippen molar-refractivity contribution in [2.75, 3.05) is 13.7 Å². The van der Waals surface area contributed by atoms with Crippen LogP contribution >= 0.6 is 0 Å². The molecule has 1 aromatic carbocycles. The van der Waals surface area contributed by atoms with Crippen molar-refractivity contribution in [3.05, 3.63) is 60.2 Å². The van der Waals surface area contributed by atoms with Crippen molar-refractivity contribution in [3.8, 4) is 16.8 Å². The molecule has 0 fully saturated rings. The highest BCUT2D eigenvalue weighted by Gasteiger charge is 2.21. The molecule has 0 saturated carbocycles. The number of methoxy groups -OCH3 is 1. The van der Waals surface area contributed by atoms with Crippen LogP contribution in [0, 0.1) is 6.92 Å². The van der Waals surface area contributed by atoms with Crippen molar-refractivity contribution in [3.63, 3.8) is 0 Å². The van der Waals surface area contributed by atoms with Gasteiger partial charge in [0, 0.05) is 25.1 Å². The molecule has 9 heteroatoms. The lowest BCUT2D eigenvalue weighted by Crippen LogP contribution is -2.32. The third-order valence-electron chi connectivity index (χ3n) is 5.19. The number of nitrogens with zero attached hydrogens (tertiary/aromatic N) is 5. The van der Waals surface area contributed by atoms with Crippen LogP contribution in [-0.4, -0.2) is 50.0 Å². The van der Waals surface area contributed by atoms with Crippen LogP contribution in [0.1, 0.15) is 32.0 Å². The number of hydrogen-bond donors (Lipinski definition) is 1. The molecular weight excluding hydrogens is 432 g/mol. The average molecular weight is 463 g/mol. The number of fused-ring (bicyclic) bond motifs is 1. The molecule has 4 rings (SSSR count). The number of nitrogens with one attached hydrogen (secondary N) is 1. The number of aryl methyl sites for hydroxylation is 1. The van der Waals surface area contributed by atoms with Gasteiger partial charge in [-0.25, -0.2) is 14.5 Å². The van der Waals surface area contributed by atoms with E-state index in [0.717, 1.165) is 27.8 Å². The van der Waals surface area contributed by atoms with Crippen molar-refractivity contribution < 1.29 is 14.3 Å². The van der Waals surface area contributed by atoms with Crippen LogP contribution in [0.3, 0.4) is 0 Å². The number of benzene rings is 1. The summed E-state index contributed by atoms with van der Waals surface area (Å²) in [5.41, 5.74) is 4.72. The predicted molar refractivity (Wildman–Crippen MR) is 130 cm³/mol. The third-order valence-corrected chi connectivity index (χ3v) is 5.19. The Bertz CT molecular complexity index is 1280. The number of aromatic nitrogens is 5. The summed E-state index contributed by atoms with van der Waals surface area (Å²) in [7, 11) is 1.67. The summed E-state index contributed by atoms with van der Waals surface area (Å²) in [6.07, 6.45) is 5.06. The van der Waals surface area contributed by atoms with E-state index in [9.17, 15) is 4.79 Å². The number of ether oxygens (including phenoxy) is 2. The minimum Gasteiger partial charge on any atom is -0.444 e. The van der Waals surface area contributed by atoms with Gasteiger partial charge in [0.2, 0.25) is 0 Å². The van der Waals surface area contributed by atoms with Gasteiger partial charge in [0.05, 0.1) is 42.7 Å². The summed E-state index contributed by atoms with van der Waals surface area (Å²) in [6.45, 7) is 8.95. The number of pyridine rings is 1. The quantitative estimate of drug-likeness (QED) is 0.441. The van der Waals surface area contributed by atoms with E-state index in [2.05, 4.69) is 15.4 Å². The first-order valence-corrected chi connectivity index (χ1v) is 11.2. The molecule has 0 atom stereocenters. The summed E-state index contributed by atoms with van der Waals surface area (Å²) in [6, 6.07) is 10.0. The molecule has 178 valence electrons. The molecule has 0 aliphatic heterocycles. The van der Waals surface area contributed by atoms with Gasteiger partial charge in [-0.1, -0.05) is 17.7 Å². The Balaban J connectivity index is 1.77. The number of rotatable bonds is 7. The summed E-state index contributed by atoms with van der Waals surface area (Å²) in [5, 5.41) is 13.0. The highest BCUT2D eigenvalue weighted by molar-refractivity contribution is 5.95. The number of hydrogen-bond acceptors (Lipinski definition) is 6. The highest BCUT2D eigenvalue weighted by Crippen LogP contribution is 2.31. The smallest absolute Gasteiger partial charge is 0.407 e. The van der Waals surface area contributed by atoms with Crippen LogP contribution in [0.15, 0.2) is 48.9 Å². The second-order valence-electron chi connectivity index (χ2n) is 9.09. The maximum absolute atomic E-state index is 12.3. The Labute approximate surface area is 198 Å². The second kappa shape index (κ2) is 9.64. The standard InChI is InChI=1S/C25H30N6O3/c1-17-6-8-19(9-7-17)31-23-22(21(29-31)15-27-24(32)34-25(2,3)4)20(10-11-26-23)18-14-28-30(16-18)12-13-33-5/h6-11,14,16H,12-13,15H2,1-5H3,(H,27,32). The topological polar surface area (TPSA) is 96.1 Å². The van der Waals surface area contributed by atoms with E-state index in [0.29, 0.717) is 24.5 Å². The zero-order valence-electron chi connectivity index (χ0n) is 20.2. The lowest BCUT2D eigenvalue weighted by atomic mass is 10.1. The summed E-state index contributed by atoms with van der Waals surface area (Å²) in [5.74, 6) is 0. The van der Waals surface area contributed by atoms with Crippen LogP contribution in [0.2, 0.25) is 0 Å². The minimum atomic E-state index is -0.586. The van der Waals surface area contributed by atoms with Crippen LogP contribution in [-0.2, 0) is 22.6 Å². The fourth-order valence-electron chi connectivity index (χ4n) is 3.62. The van der Waals surface area contributed by atoms with E-state index in [1.165, 1.54) is 0 Å². The highest BCUT2D eigenvalue weighted by atomic mass is 16.6. The summed E-state index contributed by atoms with van der Waals surface area (Å²) in [4.78, 5) is 17.0. The number of amides is 1. The molecule has 3 aromatic heterocycles. The molecule has 34 heavy (non-hydrogen) atoms. The molecule has 9 nitrogen and oxygen atoms in total. The largest absolute Gasteiger partial charge is 0.444 e. The zero-order valence-corrected chi connectivity index (χ0v) is 20.2. The fourth-order valence-corrected chi connectivity index (χ4v) is 3.62. The Kier molecular flexibility index (Phi) is 6.65. The van der Waals surface area contributed by atoms with E-state index >= 15 is 0 Å². The molecule has 4 aromatic rings. The summed E-state index contributed by atoms with van der Waals surface area (Å²) < 4.78 is 14.2. The number of carbonyl (C=O) groups excluding carboxylic acids is 1. The fraction of sp³-hybridized carbons (Fsp3) is 0.360. The van der Waals surface area contributed by atoms with E-state index in [1.54, 1.807) is 18.0 Å². The molecule has 0 unspecified atom stereocenters. The van der Waals surface area contributed by atoms with Gasteiger partial charge in [-0.15, -0.1) is 0 Å². The van der Waals surface area contributed by atoms with Crippen molar-refractivity contribution in [1.29, 1.82) is 0 Å². The first-order valence-electron chi connectivity index (χ1n) is 11.2. The molecule has 0 saturated heterocycles. The van der Waals surface area contributed by atoms with Crippen LogP contribution in [0.25, 0.3) is 27.8 Å². The van der Waals surface area contributed by atoms with Crippen molar-refractivity contribution in [2.45, 2.75) is 46.4 Å². The Hall–Kier alpha value is -3.72. The number of alkyl carbamates (subject to hydrolysis) is 1. The predicted octanol–water partition coefficient (Wildman–Crippen LogP) is 4.26. The molecule has 1 N–H and O–H groups in total. The molecule has 0 radical (unpaired) electrons. The normalized spacial score (nSPS) is 11.7. The van der Waals surface area contributed by atoms with E-state index < -0.39 is 11.7 Å². The first kappa shape index (κ1) is 23.4. The van der Waals surface area contributed by atoms with Gasteiger partial charge in [0.1, 0.15) is 5.60 Å². The Morgan fingerprint density at radius 1 is 1.15 bits per heavy atom. The maximum atomic E-state index is 12.3. The van der Waals surface area contributed by atoms with E-state index in [1.807, 2.05) is 75.1 Å². The molecule has 1 amide bonds. The van der Waals surface area contributed by atoms with Crippen molar-refractivity contribution >= 4 is 17.1 Å². The Morgan fingerprint density at radius 2 is 1.91 bits per heavy atom. The SMILES string of the molecule is COCCn1cc(-c2ccnc3c2c(CNC(=O)OC(C)(C)C)nn3-c2ccc(C)cc2)cn1. The van der Waals surface area contributed by atoms with Gasteiger partial charge in [0.15, 0.2) is 5.65 Å². The zero-order chi connectivity index (χ0) is 24.3. The molecule has 3 heterocycles. The monoisotopic (exact) mass is 462 g/mol. The van der Waals surface area contributed by atoms with Crippen LogP contribution in [0.4, 0.5) is 4.79 Å². The van der Waals surface area contributed by atoms with Gasteiger partial charge in [-0.3, -0.25) is 4.68 Å². The molecule has 0 aliphatic rings. The first-order chi connectivity index (χ1) is 16.2. The van der Waals surface area contributed by atoms with E-state index in [4.69, 9.17) is 14.6 Å². The molecular formula is C25H30N6O3. The van der Waals surface area contributed by atoms with Gasteiger partial charge in [-0.2, -0.15) is 10.2 Å². The van der Waals surface area contributed by atoms with Crippen molar-refractivity contribution in [2.24, 2.45) is 0 Å². The van der Waals surface area contributed by atoms with Gasteiger partial charge in [0.25, 0.3) is 0 Å². The molecule has 0 bridgehead atoms. The lowest BCUT2D eigenvalue weighted by Gasteiger charge is -2.19. The van der Waals surface area contributed by atoms with Crippen molar-refractivity contribution in [1.82, 2.24) is 29.9 Å². The van der Waals surface area contributed by atoms with Gasteiger partial charge < -0.3 is 14.8 Å². The summed E-state index contributed by atoms with van der Waals surface area (Å²) >= 11 is 0. The van der Waals surface area contributed by atoms with E-state index in [-0.39, 0.29) is 6.54 Å². The second-order valence-corrected chi connectivity index (χ2v) is 9.09. The minimum absolute atomic E-state index is 0.195. The van der Waals surface area contributed by atoms with Gasteiger partial charge >= 0.3 is 6.09 Å². The van der Waals surface area contributed by atoms with Crippen LogP contribution in [0.5, 0.6) is 0 Å². The Morgan fingerprint density at radius 3 is 2.62 bits per heavy atom. The molecule has 0 spiro atoms. The molecule has 0 aliphatic carbocycles.